The molecule has 0 unspecified atom stereocenters. The van der Waals surface area contributed by atoms with Gasteiger partial charge in [-0.05, 0) is 50.0 Å². The molecule has 1 saturated heterocycles. The first-order valence-electron chi connectivity index (χ1n) is 11.8. The number of hydrogen-bond acceptors (Lipinski definition) is 9. The summed E-state index contributed by atoms with van der Waals surface area (Å²) in [5.74, 6) is 2.70. The quantitative estimate of drug-likeness (QED) is 0.338. The highest BCUT2D eigenvalue weighted by Crippen LogP contribution is 2.24. The van der Waals surface area contributed by atoms with Crippen LogP contribution in [0.15, 0.2) is 59.8 Å². The summed E-state index contributed by atoms with van der Waals surface area (Å²) in [4.78, 5) is 15.6. The number of thioether (sulfide) groups is 1. The van der Waals surface area contributed by atoms with Gasteiger partial charge in [-0.2, -0.15) is 15.0 Å². The lowest BCUT2D eigenvalue weighted by Gasteiger charge is -2.16. The van der Waals surface area contributed by atoms with Crippen LogP contribution in [0.5, 0.6) is 0 Å². The lowest BCUT2D eigenvalue weighted by Crippen LogP contribution is -2.21. The van der Waals surface area contributed by atoms with Crippen LogP contribution in [-0.4, -0.2) is 47.7 Å². The predicted molar refractivity (Wildman–Crippen MR) is 138 cm³/mol. The van der Waals surface area contributed by atoms with Crippen LogP contribution in [0.1, 0.15) is 35.6 Å². The zero-order valence-corrected chi connectivity index (χ0v) is 20.6. The highest BCUT2D eigenvalue weighted by atomic mass is 32.2. The molecule has 0 bridgehead atoms. The van der Waals surface area contributed by atoms with E-state index in [-0.39, 0.29) is 5.95 Å². The smallest absolute Gasteiger partial charge is 0.232 e. The van der Waals surface area contributed by atoms with Gasteiger partial charge in [-0.25, -0.2) is 0 Å². The van der Waals surface area contributed by atoms with Gasteiger partial charge in [0.2, 0.25) is 11.9 Å². The second kappa shape index (κ2) is 10.8. The van der Waals surface area contributed by atoms with Crippen LogP contribution >= 0.6 is 11.8 Å². The Hall–Kier alpha value is -3.50. The fourth-order valence-electron chi connectivity index (χ4n) is 4.13. The molecule has 1 fully saturated rings. The SMILES string of the molecule is Cc1ccccc1Nc1nc(N)nc(CSc2nnc(CN3CCCC3)n2Cc2ccccc2)n1. The van der Waals surface area contributed by atoms with E-state index in [0.29, 0.717) is 17.5 Å². The first-order chi connectivity index (χ1) is 17.1. The molecule has 3 N–H and O–H groups in total. The molecule has 0 aliphatic carbocycles. The zero-order chi connectivity index (χ0) is 24.0. The number of nitrogens with one attached hydrogen (secondary N) is 1. The Kier molecular flexibility index (Phi) is 7.20. The molecule has 2 aromatic carbocycles. The largest absolute Gasteiger partial charge is 0.368 e. The molecule has 0 radical (unpaired) electrons. The van der Waals surface area contributed by atoms with Crippen LogP contribution < -0.4 is 11.1 Å². The summed E-state index contributed by atoms with van der Waals surface area (Å²) in [6.07, 6.45) is 2.49. The van der Waals surface area contributed by atoms with Gasteiger partial charge in [-0.3, -0.25) is 4.90 Å². The molecular formula is C25H29N9S. The lowest BCUT2D eigenvalue weighted by atomic mass is 10.2. The molecule has 2 aromatic heterocycles. The molecule has 0 atom stereocenters. The summed E-state index contributed by atoms with van der Waals surface area (Å²) in [7, 11) is 0. The van der Waals surface area contributed by atoms with Gasteiger partial charge in [0.25, 0.3) is 0 Å². The number of nitrogen functional groups attached to an aromatic ring is 1. The van der Waals surface area contributed by atoms with Crippen LogP contribution in [0.4, 0.5) is 17.6 Å². The third kappa shape index (κ3) is 5.95. The van der Waals surface area contributed by atoms with Gasteiger partial charge in [0, 0.05) is 5.69 Å². The van der Waals surface area contributed by atoms with E-state index < -0.39 is 0 Å². The molecule has 0 saturated carbocycles. The minimum Gasteiger partial charge on any atom is -0.368 e. The maximum absolute atomic E-state index is 6.00. The second-order valence-electron chi connectivity index (χ2n) is 8.62. The molecule has 180 valence electrons. The first kappa shape index (κ1) is 23.3. The zero-order valence-electron chi connectivity index (χ0n) is 19.8. The van der Waals surface area contributed by atoms with E-state index in [1.165, 1.54) is 18.4 Å². The summed E-state index contributed by atoms with van der Waals surface area (Å²) in [5, 5.41) is 13.2. The van der Waals surface area contributed by atoms with Gasteiger partial charge in [0.05, 0.1) is 18.8 Å². The fourth-order valence-corrected chi connectivity index (χ4v) is 4.94. The van der Waals surface area contributed by atoms with Gasteiger partial charge in [0.1, 0.15) is 11.6 Å². The van der Waals surface area contributed by atoms with Crippen molar-refractivity contribution < 1.29 is 0 Å². The van der Waals surface area contributed by atoms with Crippen LogP contribution in [0, 0.1) is 6.92 Å². The standard InChI is InChI=1S/C25H29N9S/c1-18-9-5-6-12-20(18)27-24-29-21(28-23(26)30-24)17-35-25-32-31-22(16-33-13-7-8-14-33)34(25)15-19-10-3-2-4-11-19/h2-6,9-12H,7-8,13-17H2,1H3,(H3,26,27,28,29,30). The number of aromatic nitrogens is 6. The minimum atomic E-state index is 0.187. The summed E-state index contributed by atoms with van der Waals surface area (Å²) in [6, 6.07) is 18.4. The van der Waals surface area contributed by atoms with Crippen molar-refractivity contribution in [3.05, 3.63) is 77.4 Å². The van der Waals surface area contributed by atoms with Crippen molar-refractivity contribution in [3.63, 3.8) is 0 Å². The van der Waals surface area contributed by atoms with Crippen LogP contribution in [-0.2, 0) is 18.8 Å². The number of hydrogen-bond donors (Lipinski definition) is 2. The van der Waals surface area contributed by atoms with Crippen molar-refractivity contribution in [1.82, 2.24) is 34.6 Å². The number of likely N-dealkylation sites (tertiary alicyclic amines) is 1. The number of anilines is 3. The number of nitrogens with two attached hydrogens (primary N) is 1. The van der Waals surface area contributed by atoms with Crippen LogP contribution in [0.25, 0.3) is 0 Å². The normalized spacial score (nSPS) is 13.9. The molecule has 0 spiro atoms. The van der Waals surface area contributed by atoms with Crippen molar-refractivity contribution in [2.75, 3.05) is 24.1 Å². The Morgan fingerprint density at radius 1 is 0.914 bits per heavy atom. The molecule has 1 aliphatic heterocycles. The van der Waals surface area contributed by atoms with E-state index in [9.17, 15) is 0 Å². The van der Waals surface area contributed by atoms with Gasteiger partial charge in [-0.1, -0.05) is 60.3 Å². The number of nitrogens with zero attached hydrogens (tertiary/aromatic N) is 7. The van der Waals surface area contributed by atoms with Gasteiger partial charge < -0.3 is 15.6 Å². The van der Waals surface area contributed by atoms with Crippen molar-refractivity contribution in [2.45, 2.75) is 43.8 Å². The molecule has 10 heteroatoms. The molecule has 35 heavy (non-hydrogen) atoms. The maximum atomic E-state index is 6.00. The van der Waals surface area contributed by atoms with Crippen molar-refractivity contribution >= 4 is 29.3 Å². The number of para-hydroxylation sites is 1. The third-order valence-corrected chi connectivity index (χ3v) is 6.92. The van der Waals surface area contributed by atoms with Crippen LogP contribution in [0.2, 0.25) is 0 Å². The summed E-state index contributed by atoms with van der Waals surface area (Å²) >= 11 is 1.56. The number of rotatable bonds is 9. The predicted octanol–water partition coefficient (Wildman–Crippen LogP) is 4.03. The molecule has 9 nitrogen and oxygen atoms in total. The lowest BCUT2D eigenvalue weighted by molar-refractivity contribution is 0.316. The Labute approximate surface area is 209 Å². The second-order valence-corrected chi connectivity index (χ2v) is 9.56. The van der Waals surface area contributed by atoms with E-state index in [4.69, 9.17) is 5.73 Å². The van der Waals surface area contributed by atoms with E-state index in [0.717, 1.165) is 48.4 Å². The highest BCUT2D eigenvalue weighted by Gasteiger charge is 2.19. The first-order valence-corrected chi connectivity index (χ1v) is 12.8. The van der Waals surface area contributed by atoms with Gasteiger partial charge >= 0.3 is 0 Å². The molecule has 4 aromatic rings. The minimum absolute atomic E-state index is 0.187. The Balaban J connectivity index is 1.34. The highest BCUT2D eigenvalue weighted by molar-refractivity contribution is 7.98. The summed E-state index contributed by atoms with van der Waals surface area (Å²) in [5.41, 5.74) is 9.25. The molecule has 1 aliphatic rings. The van der Waals surface area contributed by atoms with Crippen molar-refractivity contribution in [2.24, 2.45) is 0 Å². The van der Waals surface area contributed by atoms with E-state index in [1.54, 1.807) is 11.8 Å². The average molecular weight is 488 g/mol. The average Bonchev–Trinajstić information content (AvgIpc) is 3.50. The summed E-state index contributed by atoms with van der Waals surface area (Å²) < 4.78 is 2.20. The number of benzene rings is 2. The monoisotopic (exact) mass is 487 g/mol. The van der Waals surface area contributed by atoms with E-state index >= 15 is 0 Å². The van der Waals surface area contributed by atoms with Crippen LogP contribution in [0.3, 0.4) is 0 Å². The number of aryl methyl sites for hydroxylation is 1. The Bertz CT molecular complexity index is 1270. The van der Waals surface area contributed by atoms with Crippen molar-refractivity contribution in [1.29, 1.82) is 0 Å². The molecular weight excluding hydrogens is 458 g/mol. The molecule has 0 amide bonds. The maximum Gasteiger partial charge on any atom is 0.232 e. The van der Waals surface area contributed by atoms with Crippen molar-refractivity contribution in [3.8, 4) is 0 Å². The Morgan fingerprint density at radius 3 is 2.49 bits per heavy atom. The van der Waals surface area contributed by atoms with Gasteiger partial charge in [0.15, 0.2) is 5.16 Å². The summed E-state index contributed by atoms with van der Waals surface area (Å²) in [6.45, 7) is 5.79. The fraction of sp³-hybridized carbons (Fsp3) is 0.320. The van der Waals surface area contributed by atoms with E-state index in [1.807, 2.05) is 37.3 Å². The van der Waals surface area contributed by atoms with E-state index in [2.05, 4.69) is 64.2 Å². The third-order valence-electron chi connectivity index (χ3n) is 5.96. The topological polar surface area (TPSA) is 111 Å². The Morgan fingerprint density at radius 2 is 1.69 bits per heavy atom. The van der Waals surface area contributed by atoms with Gasteiger partial charge in [-0.15, -0.1) is 10.2 Å². The molecule has 5 rings (SSSR count). The molecule has 3 heterocycles.